The second-order valence-electron chi connectivity index (χ2n) is 8.47. The first-order chi connectivity index (χ1) is 16.4. The van der Waals surface area contributed by atoms with Crippen molar-refractivity contribution in [3.8, 4) is 11.5 Å². The largest absolute Gasteiger partial charge is 0.454 e. The molecule has 0 amide bonds. The van der Waals surface area contributed by atoms with Crippen molar-refractivity contribution in [3.05, 3.63) is 89.5 Å². The number of carbonyl (C=O) groups is 1. The van der Waals surface area contributed by atoms with Gasteiger partial charge in [0.1, 0.15) is 6.04 Å². The van der Waals surface area contributed by atoms with E-state index >= 15 is 0 Å². The van der Waals surface area contributed by atoms with E-state index in [-0.39, 0.29) is 37.2 Å². The summed E-state index contributed by atoms with van der Waals surface area (Å²) >= 11 is 0. The molecule has 3 aromatic rings. The van der Waals surface area contributed by atoms with Gasteiger partial charge in [0.05, 0.1) is 24.0 Å². The van der Waals surface area contributed by atoms with Gasteiger partial charge in [-0.2, -0.15) is 4.31 Å². The fourth-order valence-electron chi connectivity index (χ4n) is 4.31. The van der Waals surface area contributed by atoms with Crippen LogP contribution in [0.1, 0.15) is 22.6 Å². The molecule has 1 fully saturated rings. The maximum Gasteiger partial charge on any atom is 0.243 e. The molecule has 0 saturated carbocycles. The van der Waals surface area contributed by atoms with Crippen LogP contribution in [0.4, 0.5) is 0 Å². The third kappa shape index (κ3) is 4.32. The van der Waals surface area contributed by atoms with Crippen molar-refractivity contribution >= 4 is 15.8 Å². The number of rotatable bonds is 7. The van der Waals surface area contributed by atoms with Crippen molar-refractivity contribution < 1.29 is 27.4 Å². The molecule has 0 N–H and O–H groups in total. The number of nitrogens with zero attached hydrogens (tertiary/aromatic N) is 1. The fourth-order valence-corrected chi connectivity index (χ4v) is 5.91. The second-order valence-corrected chi connectivity index (χ2v) is 10.4. The predicted molar refractivity (Wildman–Crippen MR) is 125 cm³/mol. The van der Waals surface area contributed by atoms with Gasteiger partial charge in [0.25, 0.3) is 0 Å². The molecule has 0 unspecified atom stereocenters. The third-order valence-electron chi connectivity index (χ3n) is 6.20. The number of aryl methyl sites for hydroxylation is 1. The highest BCUT2D eigenvalue weighted by molar-refractivity contribution is 7.89. The molecule has 0 aliphatic carbocycles. The van der Waals surface area contributed by atoms with Crippen molar-refractivity contribution in [3.63, 3.8) is 0 Å². The molecule has 34 heavy (non-hydrogen) atoms. The Morgan fingerprint density at radius 2 is 1.71 bits per heavy atom. The first-order valence-electron chi connectivity index (χ1n) is 11.1. The van der Waals surface area contributed by atoms with Gasteiger partial charge in [0.2, 0.25) is 16.8 Å². The van der Waals surface area contributed by atoms with Crippen molar-refractivity contribution in [2.45, 2.75) is 30.4 Å². The molecule has 2 heterocycles. The zero-order valence-electron chi connectivity index (χ0n) is 18.7. The first-order valence-corrected chi connectivity index (χ1v) is 12.5. The number of carbonyl (C=O) groups excluding carboxylic acids is 1. The van der Waals surface area contributed by atoms with Crippen LogP contribution in [-0.4, -0.2) is 44.5 Å². The van der Waals surface area contributed by atoms with E-state index in [1.54, 1.807) is 42.5 Å². The molecule has 176 valence electrons. The summed E-state index contributed by atoms with van der Waals surface area (Å²) in [7, 11) is -3.91. The van der Waals surface area contributed by atoms with Crippen LogP contribution in [-0.2, 0) is 26.2 Å². The van der Waals surface area contributed by atoms with Crippen molar-refractivity contribution in [1.29, 1.82) is 0 Å². The first kappa shape index (κ1) is 22.6. The number of fused-ring (bicyclic) bond motifs is 1. The van der Waals surface area contributed by atoms with Crippen LogP contribution in [0.3, 0.4) is 0 Å². The highest BCUT2D eigenvalue weighted by atomic mass is 32.2. The number of hydrogen-bond donors (Lipinski definition) is 0. The fraction of sp³-hybridized carbons (Fsp3) is 0.269. The summed E-state index contributed by atoms with van der Waals surface area (Å²) in [4.78, 5) is 13.7. The van der Waals surface area contributed by atoms with Gasteiger partial charge in [-0.15, -0.1) is 0 Å². The minimum absolute atomic E-state index is 0.0279. The van der Waals surface area contributed by atoms with E-state index < -0.39 is 22.0 Å². The van der Waals surface area contributed by atoms with E-state index in [0.29, 0.717) is 17.1 Å². The molecule has 7 nitrogen and oxygen atoms in total. The van der Waals surface area contributed by atoms with Gasteiger partial charge in [-0.3, -0.25) is 4.79 Å². The molecule has 3 aromatic carbocycles. The minimum Gasteiger partial charge on any atom is -0.454 e. The lowest BCUT2D eigenvalue weighted by molar-refractivity contribution is -0.122. The highest BCUT2D eigenvalue weighted by Crippen LogP contribution is 2.39. The highest BCUT2D eigenvalue weighted by Gasteiger charge is 2.47. The number of hydrogen-bond acceptors (Lipinski definition) is 6. The number of ether oxygens (including phenoxy) is 3. The van der Waals surface area contributed by atoms with Crippen LogP contribution >= 0.6 is 0 Å². The molecule has 0 radical (unpaired) electrons. The zero-order valence-corrected chi connectivity index (χ0v) is 19.5. The van der Waals surface area contributed by atoms with Gasteiger partial charge in [0.15, 0.2) is 17.3 Å². The van der Waals surface area contributed by atoms with Crippen LogP contribution in [0.25, 0.3) is 0 Å². The predicted octanol–water partition coefficient (Wildman–Crippen LogP) is 3.67. The SMILES string of the molecule is Cc1ccc(S(=O)(=O)N2C[C@H](c3ccc4c(c3)OCO4)C(=O)[C@H]2COCc2ccccc2)cc1. The lowest BCUT2D eigenvalue weighted by Crippen LogP contribution is -2.41. The van der Waals surface area contributed by atoms with Gasteiger partial charge >= 0.3 is 0 Å². The molecule has 2 aliphatic rings. The molecule has 5 rings (SSSR count). The standard InChI is InChI=1S/C26H25NO6S/c1-18-7-10-21(11-8-18)34(29,30)27-14-22(20-9-12-24-25(13-20)33-17-32-24)26(28)23(27)16-31-15-19-5-3-2-4-6-19/h2-13,22-23H,14-17H2,1H3/t22-,23-/m1/s1. The van der Waals surface area contributed by atoms with E-state index in [1.165, 1.54) is 4.31 Å². The van der Waals surface area contributed by atoms with Crippen LogP contribution in [0, 0.1) is 6.92 Å². The van der Waals surface area contributed by atoms with Crippen LogP contribution < -0.4 is 9.47 Å². The Labute approximate surface area is 198 Å². The summed E-state index contributed by atoms with van der Waals surface area (Å²) in [5.41, 5.74) is 2.61. The molecular formula is C26H25NO6S. The maximum atomic E-state index is 13.6. The average molecular weight is 480 g/mol. The summed E-state index contributed by atoms with van der Waals surface area (Å²) in [6.45, 7) is 2.32. The monoisotopic (exact) mass is 479 g/mol. The molecule has 8 heteroatoms. The molecule has 2 aliphatic heterocycles. The number of Topliss-reactive ketones (excluding diaryl/α,β-unsaturated/α-hetero) is 1. The Morgan fingerprint density at radius 1 is 0.971 bits per heavy atom. The molecule has 0 bridgehead atoms. The quantitative estimate of drug-likeness (QED) is 0.514. The summed E-state index contributed by atoms with van der Waals surface area (Å²) < 4.78 is 45.1. The summed E-state index contributed by atoms with van der Waals surface area (Å²) in [5.74, 6) is 0.353. The van der Waals surface area contributed by atoms with Gasteiger partial charge < -0.3 is 14.2 Å². The lowest BCUT2D eigenvalue weighted by Gasteiger charge is -2.23. The number of sulfonamides is 1. The molecule has 2 atom stereocenters. The van der Waals surface area contributed by atoms with E-state index in [4.69, 9.17) is 14.2 Å². The average Bonchev–Trinajstić information content (AvgIpc) is 3.44. The molecule has 0 spiro atoms. The Bertz CT molecular complexity index is 1290. The van der Waals surface area contributed by atoms with Gasteiger partial charge in [-0.05, 0) is 42.3 Å². The van der Waals surface area contributed by atoms with Crippen molar-refractivity contribution in [2.75, 3.05) is 19.9 Å². The second kappa shape index (κ2) is 9.21. The normalized spacial score (nSPS) is 20.1. The van der Waals surface area contributed by atoms with Crippen molar-refractivity contribution in [2.24, 2.45) is 0 Å². The number of ketones is 1. The van der Waals surface area contributed by atoms with E-state index in [9.17, 15) is 13.2 Å². The van der Waals surface area contributed by atoms with Crippen LogP contribution in [0.15, 0.2) is 77.7 Å². The van der Waals surface area contributed by atoms with E-state index in [0.717, 1.165) is 11.1 Å². The third-order valence-corrected chi connectivity index (χ3v) is 8.08. The van der Waals surface area contributed by atoms with Crippen LogP contribution in [0.5, 0.6) is 11.5 Å². The zero-order chi connectivity index (χ0) is 23.7. The smallest absolute Gasteiger partial charge is 0.243 e. The van der Waals surface area contributed by atoms with Gasteiger partial charge in [-0.1, -0.05) is 54.1 Å². The Hall–Kier alpha value is -3.20. The van der Waals surface area contributed by atoms with Gasteiger partial charge in [-0.25, -0.2) is 8.42 Å². The minimum atomic E-state index is -3.91. The van der Waals surface area contributed by atoms with E-state index in [1.807, 2.05) is 37.3 Å². The number of benzene rings is 3. The summed E-state index contributed by atoms with van der Waals surface area (Å²) in [5, 5.41) is 0. The van der Waals surface area contributed by atoms with Gasteiger partial charge in [0, 0.05) is 6.54 Å². The molecule has 1 saturated heterocycles. The summed E-state index contributed by atoms with van der Waals surface area (Å²) in [6.07, 6.45) is 0. The topological polar surface area (TPSA) is 82.1 Å². The molecule has 0 aromatic heterocycles. The Morgan fingerprint density at radius 3 is 2.47 bits per heavy atom. The van der Waals surface area contributed by atoms with E-state index in [2.05, 4.69) is 0 Å². The Balaban J connectivity index is 1.43. The maximum absolute atomic E-state index is 13.6. The summed E-state index contributed by atoms with van der Waals surface area (Å²) in [6, 6.07) is 20.6. The Kier molecular flexibility index (Phi) is 6.12. The van der Waals surface area contributed by atoms with Crippen LogP contribution in [0.2, 0.25) is 0 Å². The van der Waals surface area contributed by atoms with Crippen molar-refractivity contribution in [1.82, 2.24) is 4.31 Å². The molecular weight excluding hydrogens is 454 g/mol. The lowest BCUT2D eigenvalue weighted by atomic mass is 9.95.